The van der Waals surface area contributed by atoms with Gasteiger partial charge >= 0.3 is 5.97 Å². The molecule has 1 atom stereocenters. The molecule has 0 radical (unpaired) electrons. The molecule has 2 saturated carbocycles. The predicted octanol–water partition coefficient (Wildman–Crippen LogP) is 3.21. The number of hydrogen-bond acceptors (Lipinski definition) is 1. The van der Waals surface area contributed by atoms with Crippen LogP contribution in [0.5, 0.6) is 0 Å². The summed E-state index contributed by atoms with van der Waals surface area (Å²) in [5.74, 6) is -0.598. The summed E-state index contributed by atoms with van der Waals surface area (Å²) in [6.45, 7) is 0. The van der Waals surface area contributed by atoms with Gasteiger partial charge in [-0.1, -0.05) is 25.7 Å². The van der Waals surface area contributed by atoms with Crippen LogP contribution < -0.4 is 0 Å². The Balaban J connectivity index is 1.99. The van der Waals surface area contributed by atoms with Gasteiger partial charge in [-0.05, 0) is 37.5 Å². The summed E-state index contributed by atoms with van der Waals surface area (Å²) in [6.07, 6.45) is 11.0. The third-order valence-corrected chi connectivity index (χ3v) is 4.22. The molecular weight excluding hydrogens is 176 g/mol. The SMILES string of the molecule is O=C(O)C1CCC2(CCCCCC2)C1. The topological polar surface area (TPSA) is 37.3 Å². The van der Waals surface area contributed by atoms with E-state index in [0.29, 0.717) is 5.41 Å². The summed E-state index contributed by atoms with van der Waals surface area (Å²) in [5.41, 5.74) is 0.430. The van der Waals surface area contributed by atoms with E-state index in [9.17, 15) is 4.79 Å². The summed E-state index contributed by atoms with van der Waals surface area (Å²) < 4.78 is 0. The van der Waals surface area contributed by atoms with Crippen LogP contribution in [0.3, 0.4) is 0 Å². The van der Waals surface area contributed by atoms with E-state index in [4.69, 9.17) is 5.11 Å². The van der Waals surface area contributed by atoms with Crippen molar-refractivity contribution in [2.45, 2.75) is 57.8 Å². The molecule has 0 amide bonds. The van der Waals surface area contributed by atoms with Crippen LogP contribution in [0.25, 0.3) is 0 Å². The van der Waals surface area contributed by atoms with E-state index in [-0.39, 0.29) is 5.92 Å². The highest BCUT2D eigenvalue weighted by atomic mass is 16.4. The van der Waals surface area contributed by atoms with Gasteiger partial charge in [-0.2, -0.15) is 0 Å². The van der Waals surface area contributed by atoms with Gasteiger partial charge in [0.2, 0.25) is 0 Å². The van der Waals surface area contributed by atoms with Gasteiger partial charge in [-0.25, -0.2) is 0 Å². The molecule has 2 nitrogen and oxygen atoms in total. The first kappa shape index (κ1) is 10.0. The Morgan fingerprint density at radius 3 is 2.21 bits per heavy atom. The highest BCUT2D eigenvalue weighted by Crippen LogP contribution is 2.50. The molecule has 14 heavy (non-hydrogen) atoms. The second-order valence-electron chi connectivity index (χ2n) is 5.19. The molecule has 2 aliphatic rings. The third kappa shape index (κ3) is 1.94. The van der Waals surface area contributed by atoms with E-state index >= 15 is 0 Å². The van der Waals surface area contributed by atoms with Crippen LogP contribution in [-0.4, -0.2) is 11.1 Å². The number of aliphatic carboxylic acids is 1. The van der Waals surface area contributed by atoms with Crippen molar-refractivity contribution in [3.05, 3.63) is 0 Å². The monoisotopic (exact) mass is 196 g/mol. The molecule has 2 aliphatic carbocycles. The van der Waals surface area contributed by atoms with Gasteiger partial charge in [-0.3, -0.25) is 4.79 Å². The predicted molar refractivity (Wildman–Crippen MR) is 55.1 cm³/mol. The molecule has 2 heteroatoms. The maximum Gasteiger partial charge on any atom is 0.306 e. The highest BCUT2D eigenvalue weighted by molar-refractivity contribution is 5.70. The van der Waals surface area contributed by atoms with E-state index in [1.165, 1.54) is 44.9 Å². The van der Waals surface area contributed by atoms with E-state index in [2.05, 4.69) is 0 Å². The minimum absolute atomic E-state index is 0.0342. The molecule has 0 saturated heterocycles. The highest BCUT2D eigenvalue weighted by Gasteiger charge is 2.41. The van der Waals surface area contributed by atoms with Gasteiger partial charge in [0.1, 0.15) is 0 Å². The van der Waals surface area contributed by atoms with Gasteiger partial charge in [0, 0.05) is 0 Å². The fourth-order valence-corrected chi connectivity index (χ4v) is 3.35. The zero-order chi connectivity index (χ0) is 10.0. The maximum absolute atomic E-state index is 10.9. The lowest BCUT2D eigenvalue weighted by Crippen LogP contribution is -2.18. The van der Waals surface area contributed by atoms with Crippen molar-refractivity contribution in [1.29, 1.82) is 0 Å². The summed E-state index contributed by atoms with van der Waals surface area (Å²) in [7, 11) is 0. The Labute approximate surface area is 85.7 Å². The minimum atomic E-state index is -0.564. The molecule has 2 rings (SSSR count). The molecule has 2 fully saturated rings. The zero-order valence-electron chi connectivity index (χ0n) is 8.80. The number of carboxylic acids is 1. The van der Waals surface area contributed by atoms with Crippen LogP contribution >= 0.6 is 0 Å². The van der Waals surface area contributed by atoms with Crippen LogP contribution in [0.1, 0.15) is 57.8 Å². The molecule has 0 aromatic carbocycles. The molecule has 1 N–H and O–H groups in total. The van der Waals surface area contributed by atoms with Crippen LogP contribution in [0.15, 0.2) is 0 Å². The second kappa shape index (κ2) is 3.92. The molecule has 0 aliphatic heterocycles. The van der Waals surface area contributed by atoms with Crippen molar-refractivity contribution >= 4 is 5.97 Å². The molecule has 0 aromatic rings. The van der Waals surface area contributed by atoms with Gasteiger partial charge in [0.15, 0.2) is 0 Å². The fourth-order valence-electron chi connectivity index (χ4n) is 3.35. The molecule has 1 unspecified atom stereocenters. The van der Waals surface area contributed by atoms with Crippen molar-refractivity contribution in [3.63, 3.8) is 0 Å². The number of hydrogen-bond donors (Lipinski definition) is 1. The zero-order valence-corrected chi connectivity index (χ0v) is 8.80. The van der Waals surface area contributed by atoms with Gasteiger partial charge in [-0.15, -0.1) is 0 Å². The van der Waals surface area contributed by atoms with Crippen molar-refractivity contribution in [2.75, 3.05) is 0 Å². The molecule has 0 heterocycles. The standard InChI is InChI=1S/C12H20O2/c13-11(14)10-5-8-12(9-10)6-3-1-2-4-7-12/h10H,1-9H2,(H,13,14). The quantitative estimate of drug-likeness (QED) is 0.699. The van der Waals surface area contributed by atoms with Crippen LogP contribution in [0.2, 0.25) is 0 Å². The normalized spacial score (nSPS) is 31.6. The first-order valence-corrected chi connectivity index (χ1v) is 5.95. The number of rotatable bonds is 1. The van der Waals surface area contributed by atoms with Gasteiger partial charge in [0.25, 0.3) is 0 Å². The van der Waals surface area contributed by atoms with E-state index in [0.717, 1.165) is 12.8 Å². The molecular formula is C12H20O2. The Morgan fingerprint density at radius 1 is 1.07 bits per heavy atom. The second-order valence-corrected chi connectivity index (χ2v) is 5.19. The Morgan fingerprint density at radius 2 is 1.71 bits per heavy atom. The van der Waals surface area contributed by atoms with Crippen LogP contribution in [0, 0.1) is 11.3 Å². The fraction of sp³-hybridized carbons (Fsp3) is 0.917. The van der Waals surface area contributed by atoms with Crippen molar-refractivity contribution in [3.8, 4) is 0 Å². The third-order valence-electron chi connectivity index (χ3n) is 4.22. The molecule has 1 spiro atoms. The van der Waals surface area contributed by atoms with Gasteiger partial charge < -0.3 is 5.11 Å². The first-order valence-electron chi connectivity index (χ1n) is 5.95. The average Bonchev–Trinajstić information content (AvgIpc) is 2.41. The number of carbonyl (C=O) groups is 1. The minimum Gasteiger partial charge on any atom is -0.481 e. The Kier molecular flexibility index (Phi) is 2.80. The lowest BCUT2D eigenvalue weighted by molar-refractivity contribution is -0.141. The van der Waals surface area contributed by atoms with Crippen molar-refractivity contribution in [1.82, 2.24) is 0 Å². The number of carboxylic acid groups (broad SMARTS) is 1. The molecule has 0 aromatic heterocycles. The van der Waals surface area contributed by atoms with Crippen LogP contribution in [-0.2, 0) is 4.79 Å². The van der Waals surface area contributed by atoms with Gasteiger partial charge in [0.05, 0.1) is 5.92 Å². The Hall–Kier alpha value is -0.530. The lowest BCUT2D eigenvalue weighted by atomic mass is 9.78. The van der Waals surface area contributed by atoms with E-state index < -0.39 is 5.97 Å². The van der Waals surface area contributed by atoms with E-state index in [1.807, 2.05) is 0 Å². The average molecular weight is 196 g/mol. The summed E-state index contributed by atoms with van der Waals surface area (Å²) >= 11 is 0. The smallest absolute Gasteiger partial charge is 0.306 e. The van der Waals surface area contributed by atoms with Crippen molar-refractivity contribution in [2.24, 2.45) is 11.3 Å². The summed E-state index contributed by atoms with van der Waals surface area (Å²) in [5, 5.41) is 9.00. The molecule has 0 bridgehead atoms. The lowest BCUT2D eigenvalue weighted by Gasteiger charge is -2.27. The first-order chi connectivity index (χ1) is 6.72. The van der Waals surface area contributed by atoms with Crippen molar-refractivity contribution < 1.29 is 9.90 Å². The summed E-state index contributed by atoms with van der Waals surface area (Å²) in [6, 6.07) is 0. The summed E-state index contributed by atoms with van der Waals surface area (Å²) in [4.78, 5) is 10.9. The largest absolute Gasteiger partial charge is 0.481 e. The van der Waals surface area contributed by atoms with Crippen LogP contribution in [0.4, 0.5) is 0 Å². The van der Waals surface area contributed by atoms with E-state index in [1.54, 1.807) is 0 Å². The molecule has 80 valence electrons. The maximum atomic E-state index is 10.9. The Bertz CT molecular complexity index is 214.